The Bertz CT molecular complexity index is 567. The number of nitrogens with one attached hydrogen (secondary N) is 1. The standard InChI is InChI=1S/C14H13BrFNS/c15-14-8-9-11(6-3-7-13(9)18-14)17-12-5-2-1-4-10(12)16/h1-2,4-5,8,11,17H,3,6-7H2. The van der Waals surface area contributed by atoms with E-state index in [2.05, 4.69) is 27.3 Å². The highest BCUT2D eigenvalue weighted by Gasteiger charge is 2.23. The first-order valence-electron chi connectivity index (χ1n) is 6.03. The second-order valence-corrected chi connectivity index (χ2v) is 7.01. The van der Waals surface area contributed by atoms with E-state index in [0.717, 1.165) is 23.0 Å². The molecule has 1 heterocycles. The molecule has 1 aliphatic carbocycles. The van der Waals surface area contributed by atoms with E-state index in [-0.39, 0.29) is 11.9 Å². The molecule has 2 aromatic rings. The van der Waals surface area contributed by atoms with Gasteiger partial charge in [0.25, 0.3) is 0 Å². The quantitative estimate of drug-likeness (QED) is 0.806. The van der Waals surface area contributed by atoms with Gasteiger partial charge in [-0.15, -0.1) is 11.3 Å². The molecule has 1 aromatic carbocycles. The van der Waals surface area contributed by atoms with Crippen molar-refractivity contribution in [1.29, 1.82) is 0 Å². The van der Waals surface area contributed by atoms with Crippen LogP contribution >= 0.6 is 27.3 Å². The third-order valence-electron chi connectivity index (χ3n) is 3.29. The van der Waals surface area contributed by atoms with Crippen LogP contribution in [-0.4, -0.2) is 0 Å². The summed E-state index contributed by atoms with van der Waals surface area (Å²) in [5.74, 6) is -0.182. The fourth-order valence-corrected chi connectivity index (χ4v) is 4.26. The maximum absolute atomic E-state index is 13.7. The molecule has 4 heteroatoms. The van der Waals surface area contributed by atoms with Crippen molar-refractivity contribution >= 4 is 33.0 Å². The van der Waals surface area contributed by atoms with Crippen molar-refractivity contribution in [2.24, 2.45) is 0 Å². The van der Waals surface area contributed by atoms with Crippen molar-refractivity contribution in [3.05, 3.63) is 50.4 Å². The zero-order valence-corrected chi connectivity index (χ0v) is 12.2. The van der Waals surface area contributed by atoms with E-state index in [1.807, 2.05) is 6.07 Å². The van der Waals surface area contributed by atoms with E-state index >= 15 is 0 Å². The molecule has 1 atom stereocenters. The van der Waals surface area contributed by atoms with Gasteiger partial charge >= 0.3 is 0 Å². The number of fused-ring (bicyclic) bond motifs is 1. The van der Waals surface area contributed by atoms with Crippen LogP contribution in [0.5, 0.6) is 0 Å². The van der Waals surface area contributed by atoms with Crippen molar-refractivity contribution < 1.29 is 4.39 Å². The molecule has 0 saturated heterocycles. The zero-order chi connectivity index (χ0) is 12.5. The second-order valence-electron chi connectivity index (χ2n) is 4.50. The van der Waals surface area contributed by atoms with Crippen molar-refractivity contribution in [2.75, 3.05) is 5.32 Å². The van der Waals surface area contributed by atoms with Crippen LogP contribution in [0.1, 0.15) is 29.3 Å². The molecular formula is C14H13BrFNS. The molecule has 0 bridgehead atoms. The minimum atomic E-state index is -0.182. The Hall–Kier alpha value is -0.870. The largest absolute Gasteiger partial charge is 0.376 e. The first kappa shape index (κ1) is 12.2. The van der Waals surface area contributed by atoms with E-state index in [1.165, 1.54) is 16.5 Å². The van der Waals surface area contributed by atoms with Crippen molar-refractivity contribution in [1.82, 2.24) is 0 Å². The van der Waals surface area contributed by atoms with Crippen LogP contribution in [0.15, 0.2) is 34.1 Å². The molecule has 3 rings (SSSR count). The number of hydrogen-bond acceptors (Lipinski definition) is 2. The molecule has 1 unspecified atom stereocenters. The average molecular weight is 326 g/mol. The van der Waals surface area contributed by atoms with E-state index in [1.54, 1.807) is 23.5 Å². The van der Waals surface area contributed by atoms with Crippen molar-refractivity contribution in [3.8, 4) is 0 Å². The van der Waals surface area contributed by atoms with Crippen LogP contribution in [-0.2, 0) is 6.42 Å². The normalized spacial score (nSPS) is 18.4. The summed E-state index contributed by atoms with van der Waals surface area (Å²) in [4.78, 5) is 1.42. The maximum Gasteiger partial charge on any atom is 0.146 e. The predicted molar refractivity (Wildman–Crippen MR) is 77.7 cm³/mol. The van der Waals surface area contributed by atoms with Gasteiger partial charge in [0, 0.05) is 4.88 Å². The average Bonchev–Trinajstić information content (AvgIpc) is 2.73. The molecule has 0 fully saturated rings. The second kappa shape index (κ2) is 5.02. The van der Waals surface area contributed by atoms with Gasteiger partial charge in [-0.3, -0.25) is 0 Å². The number of aryl methyl sites for hydroxylation is 1. The van der Waals surface area contributed by atoms with Crippen LogP contribution in [0.3, 0.4) is 0 Å². The number of rotatable bonds is 2. The molecule has 0 spiro atoms. The lowest BCUT2D eigenvalue weighted by atomic mass is 9.94. The van der Waals surface area contributed by atoms with Gasteiger partial charge in [0.15, 0.2) is 0 Å². The molecule has 0 amide bonds. The van der Waals surface area contributed by atoms with Crippen LogP contribution < -0.4 is 5.32 Å². The summed E-state index contributed by atoms with van der Waals surface area (Å²) in [6, 6.07) is 9.26. The number of thiophene rings is 1. The molecule has 1 aromatic heterocycles. The van der Waals surface area contributed by atoms with Gasteiger partial charge in [-0.1, -0.05) is 12.1 Å². The summed E-state index contributed by atoms with van der Waals surface area (Å²) in [5.41, 5.74) is 1.92. The van der Waals surface area contributed by atoms with Crippen LogP contribution in [0.25, 0.3) is 0 Å². The van der Waals surface area contributed by atoms with Gasteiger partial charge in [-0.05, 0) is 59.0 Å². The third-order valence-corrected chi connectivity index (χ3v) is 5.00. The Morgan fingerprint density at radius 2 is 2.17 bits per heavy atom. The Morgan fingerprint density at radius 1 is 1.33 bits per heavy atom. The van der Waals surface area contributed by atoms with E-state index in [9.17, 15) is 4.39 Å². The lowest BCUT2D eigenvalue weighted by Gasteiger charge is -2.24. The topological polar surface area (TPSA) is 12.0 Å². The van der Waals surface area contributed by atoms with Crippen LogP contribution in [0.2, 0.25) is 0 Å². The molecule has 0 saturated carbocycles. The Kier molecular flexibility index (Phi) is 3.39. The lowest BCUT2D eigenvalue weighted by Crippen LogP contribution is -2.16. The number of anilines is 1. The van der Waals surface area contributed by atoms with E-state index in [0.29, 0.717) is 5.69 Å². The third kappa shape index (κ3) is 2.31. The van der Waals surface area contributed by atoms with Gasteiger partial charge in [0.1, 0.15) is 5.82 Å². The van der Waals surface area contributed by atoms with Gasteiger partial charge in [0.05, 0.1) is 15.5 Å². The Balaban J connectivity index is 1.88. The minimum absolute atomic E-state index is 0.182. The molecular weight excluding hydrogens is 313 g/mol. The molecule has 1 aliphatic rings. The van der Waals surface area contributed by atoms with Gasteiger partial charge in [0.2, 0.25) is 0 Å². The van der Waals surface area contributed by atoms with Crippen molar-refractivity contribution in [3.63, 3.8) is 0 Å². The summed E-state index contributed by atoms with van der Waals surface area (Å²) in [6.45, 7) is 0. The zero-order valence-electron chi connectivity index (χ0n) is 9.75. The monoisotopic (exact) mass is 325 g/mol. The number of hydrogen-bond donors (Lipinski definition) is 1. The fraction of sp³-hybridized carbons (Fsp3) is 0.286. The smallest absolute Gasteiger partial charge is 0.146 e. The highest BCUT2D eigenvalue weighted by atomic mass is 79.9. The minimum Gasteiger partial charge on any atom is -0.376 e. The summed E-state index contributed by atoms with van der Waals surface area (Å²) in [7, 11) is 0. The number of para-hydroxylation sites is 1. The summed E-state index contributed by atoms with van der Waals surface area (Å²) < 4.78 is 14.8. The maximum atomic E-state index is 13.7. The first-order chi connectivity index (χ1) is 8.74. The Labute approximate surface area is 118 Å². The molecule has 18 heavy (non-hydrogen) atoms. The van der Waals surface area contributed by atoms with E-state index < -0.39 is 0 Å². The Morgan fingerprint density at radius 3 is 3.00 bits per heavy atom. The van der Waals surface area contributed by atoms with Gasteiger partial charge in [-0.2, -0.15) is 0 Å². The fourth-order valence-electron chi connectivity index (χ4n) is 2.44. The summed E-state index contributed by atoms with van der Waals surface area (Å²) in [5, 5.41) is 3.33. The number of halogens is 2. The summed E-state index contributed by atoms with van der Waals surface area (Å²) >= 11 is 5.33. The van der Waals surface area contributed by atoms with E-state index in [4.69, 9.17) is 0 Å². The van der Waals surface area contributed by atoms with Crippen LogP contribution in [0.4, 0.5) is 10.1 Å². The molecule has 0 aliphatic heterocycles. The highest BCUT2D eigenvalue weighted by Crippen LogP contribution is 2.39. The molecule has 0 radical (unpaired) electrons. The predicted octanol–water partition coefficient (Wildman–Crippen LogP) is 5.14. The first-order valence-corrected chi connectivity index (χ1v) is 7.64. The van der Waals surface area contributed by atoms with Crippen molar-refractivity contribution in [2.45, 2.75) is 25.3 Å². The highest BCUT2D eigenvalue weighted by molar-refractivity contribution is 9.11. The molecule has 1 N–H and O–H groups in total. The number of benzene rings is 1. The van der Waals surface area contributed by atoms with Crippen LogP contribution in [0, 0.1) is 5.82 Å². The van der Waals surface area contributed by atoms with Gasteiger partial charge in [-0.25, -0.2) is 4.39 Å². The molecule has 1 nitrogen and oxygen atoms in total. The molecule has 94 valence electrons. The lowest BCUT2D eigenvalue weighted by molar-refractivity contribution is 0.592. The summed E-state index contributed by atoms with van der Waals surface area (Å²) in [6.07, 6.45) is 3.36. The SMILES string of the molecule is Fc1ccccc1NC1CCCc2sc(Br)cc21. The van der Waals surface area contributed by atoms with Gasteiger partial charge < -0.3 is 5.32 Å².